The molecule has 0 bridgehead atoms. The molecule has 6 heteroatoms. The summed E-state index contributed by atoms with van der Waals surface area (Å²) >= 11 is 1.31. The molecule has 0 radical (unpaired) electrons. The van der Waals surface area contributed by atoms with Crippen LogP contribution in [0.25, 0.3) is 0 Å². The molecule has 94 valence electrons. The van der Waals surface area contributed by atoms with Gasteiger partial charge in [0.05, 0.1) is 0 Å². The van der Waals surface area contributed by atoms with Gasteiger partial charge in [-0.15, -0.1) is 0 Å². The molecule has 0 aliphatic heterocycles. The maximum absolute atomic E-state index is 10.8. The van der Waals surface area contributed by atoms with Gasteiger partial charge in [-0.1, -0.05) is 13.8 Å². The van der Waals surface area contributed by atoms with Crippen LogP contribution in [0.3, 0.4) is 0 Å². The molecule has 2 rings (SSSR count). The molecule has 0 spiro atoms. The van der Waals surface area contributed by atoms with Crippen molar-refractivity contribution in [3.63, 3.8) is 0 Å². The topological polar surface area (TPSA) is 66.3 Å². The summed E-state index contributed by atoms with van der Waals surface area (Å²) in [5.41, 5.74) is 0. The molecule has 1 aliphatic carbocycles. The lowest BCUT2D eigenvalue weighted by atomic mass is 10.2. The van der Waals surface area contributed by atoms with Crippen LogP contribution >= 0.6 is 11.5 Å². The van der Waals surface area contributed by atoms with Gasteiger partial charge in [-0.25, -0.2) is 4.98 Å². The lowest BCUT2D eigenvalue weighted by Gasteiger charge is -2.20. The van der Waals surface area contributed by atoms with Crippen LogP contribution in [0, 0.1) is 5.92 Å². The first-order valence-electron chi connectivity index (χ1n) is 5.86. The van der Waals surface area contributed by atoms with E-state index in [1.165, 1.54) is 24.4 Å². The molecule has 17 heavy (non-hydrogen) atoms. The lowest BCUT2D eigenvalue weighted by molar-refractivity contribution is -0.135. The highest BCUT2D eigenvalue weighted by Gasteiger charge is 2.29. The van der Waals surface area contributed by atoms with E-state index in [9.17, 15) is 4.79 Å². The number of anilines is 1. The average molecular weight is 255 g/mol. The second-order valence-corrected chi connectivity index (χ2v) is 5.61. The zero-order valence-electron chi connectivity index (χ0n) is 10.1. The van der Waals surface area contributed by atoms with Crippen LogP contribution in [-0.4, -0.2) is 33.5 Å². The fourth-order valence-electron chi connectivity index (χ4n) is 1.68. The number of nitrogens with zero attached hydrogens (tertiary/aromatic N) is 3. The van der Waals surface area contributed by atoms with Crippen molar-refractivity contribution in [1.29, 1.82) is 0 Å². The molecule has 1 N–H and O–H groups in total. The van der Waals surface area contributed by atoms with Crippen LogP contribution in [-0.2, 0) is 4.79 Å². The molecule has 1 aliphatic rings. The van der Waals surface area contributed by atoms with Crippen molar-refractivity contribution in [3.8, 4) is 0 Å². The number of hydrogen-bond acceptors (Lipinski definition) is 5. The highest BCUT2D eigenvalue weighted by Crippen LogP contribution is 2.39. The summed E-state index contributed by atoms with van der Waals surface area (Å²) in [7, 11) is 0. The largest absolute Gasteiger partial charge is 0.480 e. The SMILES string of the molecule is CC(C)CN(CC(=O)O)c1nc(C2CC2)ns1. The van der Waals surface area contributed by atoms with E-state index in [2.05, 4.69) is 23.2 Å². The smallest absolute Gasteiger partial charge is 0.323 e. The third-order valence-electron chi connectivity index (χ3n) is 2.56. The minimum atomic E-state index is -0.825. The van der Waals surface area contributed by atoms with E-state index in [0.29, 0.717) is 18.4 Å². The molecule has 0 saturated heterocycles. The molecular formula is C11H17N3O2S. The molecule has 5 nitrogen and oxygen atoms in total. The number of carboxylic acids is 1. The van der Waals surface area contributed by atoms with Crippen molar-refractivity contribution in [2.24, 2.45) is 5.92 Å². The van der Waals surface area contributed by atoms with E-state index in [4.69, 9.17) is 5.11 Å². The van der Waals surface area contributed by atoms with Gasteiger partial charge in [0.15, 0.2) is 0 Å². The Morgan fingerprint density at radius 3 is 2.82 bits per heavy atom. The number of carboxylic acid groups (broad SMARTS) is 1. The van der Waals surface area contributed by atoms with Gasteiger partial charge in [0.25, 0.3) is 0 Å². The fraction of sp³-hybridized carbons (Fsp3) is 0.727. The van der Waals surface area contributed by atoms with E-state index >= 15 is 0 Å². The van der Waals surface area contributed by atoms with Crippen LogP contribution in [0.5, 0.6) is 0 Å². The summed E-state index contributed by atoms with van der Waals surface area (Å²) in [6.07, 6.45) is 2.33. The summed E-state index contributed by atoms with van der Waals surface area (Å²) < 4.78 is 4.31. The van der Waals surface area contributed by atoms with E-state index in [0.717, 1.165) is 11.0 Å². The molecule has 0 unspecified atom stereocenters. The quantitative estimate of drug-likeness (QED) is 0.841. The number of rotatable bonds is 6. The second-order valence-electron chi connectivity index (χ2n) is 4.88. The fourth-order valence-corrected chi connectivity index (χ4v) is 2.43. The summed E-state index contributed by atoms with van der Waals surface area (Å²) in [5.74, 6) is 0.992. The molecule has 0 amide bonds. The first-order valence-corrected chi connectivity index (χ1v) is 6.64. The number of hydrogen-bond donors (Lipinski definition) is 1. The van der Waals surface area contributed by atoms with E-state index in [1.54, 1.807) is 4.90 Å². The van der Waals surface area contributed by atoms with Crippen molar-refractivity contribution in [1.82, 2.24) is 9.36 Å². The van der Waals surface area contributed by atoms with Crippen molar-refractivity contribution in [2.75, 3.05) is 18.0 Å². The highest BCUT2D eigenvalue weighted by atomic mass is 32.1. The van der Waals surface area contributed by atoms with Gasteiger partial charge in [-0.2, -0.15) is 4.37 Å². The van der Waals surface area contributed by atoms with E-state index in [-0.39, 0.29) is 6.54 Å². The van der Waals surface area contributed by atoms with E-state index < -0.39 is 5.97 Å². The Morgan fingerprint density at radius 2 is 2.29 bits per heavy atom. The second kappa shape index (κ2) is 5.00. The Labute approximate surface area is 105 Å². The maximum Gasteiger partial charge on any atom is 0.323 e. The number of aliphatic carboxylic acids is 1. The molecule has 1 fully saturated rings. The van der Waals surface area contributed by atoms with Crippen molar-refractivity contribution >= 4 is 22.6 Å². The van der Waals surface area contributed by atoms with Crippen LogP contribution in [0.2, 0.25) is 0 Å². The summed E-state index contributed by atoms with van der Waals surface area (Å²) in [4.78, 5) is 17.1. The Morgan fingerprint density at radius 1 is 1.59 bits per heavy atom. The Balaban J connectivity index is 2.08. The van der Waals surface area contributed by atoms with Gasteiger partial charge in [0, 0.05) is 24.0 Å². The zero-order valence-corrected chi connectivity index (χ0v) is 10.9. The predicted octanol–water partition coefficient (Wildman–Crippen LogP) is 1.96. The third kappa shape index (κ3) is 3.39. The van der Waals surface area contributed by atoms with Gasteiger partial charge >= 0.3 is 5.97 Å². The van der Waals surface area contributed by atoms with Gasteiger partial charge in [0.1, 0.15) is 12.4 Å². The van der Waals surface area contributed by atoms with Crippen LogP contribution in [0.4, 0.5) is 5.13 Å². The average Bonchev–Trinajstić information content (AvgIpc) is 2.94. The van der Waals surface area contributed by atoms with E-state index in [1.807, 2.05) is 0 Å². The standard InChI is InChI=1S/C11H17N3O2S/c1-7(2)5-14(6-9(15)16)11-12-10(13-17-11)8-3-4-8/h7-8H,3-6H2,1-2H3,(H,15,16). The monoisotopic (exact) mass is 255 g/mol. The van der Waals surface area contributed by atoms with Crippen LogP contribution in [0.1, 0.15) is 38.4 Å². The van der Waals surface area contributed by atoms with Crippen LogP contribution < -0.4 is 4.90 Å². The summed E-state index contributed by atoms with van der Waals surface area (Å²) in [6, 6.07) is 0. The Bertz CT molecular complexity index is 401. The molecule has 1 aromatic heterocycles. The number of carbonyl (C=O) groups is 1. The normalized spacial score (nSPS) is 15.2. The van der Waals surface area contributed by atoms with Crippen molar-refractivity contribution in [2.45, 2.75) is 32.6 Å². The molecule has 1 saturated carbocycles. The minimum Gasteiger partial charge on any atom is -0.480 e. The Kier molecular flexibility index (Phi) is 3.61. The minimum absolute atomic E-state index is 0.00250. The third-order valence-corrected chi connectivity index (χ3v) is 3.35. The van der Waals surface area contributed by atoms with Gasteiger partial charge in [-0.05, 0) is 18.8 Å². The molecule has 1 heterocycles. The molecule has 0 aromatic carbocycles. The van der Waals surface area contributed by atoms with Crippen LogP contribution in [0.15, 0.2) is 0 Å². The summed E-state index contributed by atoms with van der Waals surface area (Å²) in [6.45, 7) is 4.83. The number of aromatic nitrogens is 2. The Hall–Kier alpha value is -1.17. The summed E-state index contributed by atoms with van der Waals surface area (Å²) in [5, 5.41) is 9.64. The van der Waals surface area contributed by atoms with Crippen molar-refractivity contribution in [3.05, 3.63) is 5.82 Å². The predicted molar refractivity (Wildman–Crippen MR) is 66.6 cm³/mol. The highest BCUT2D eigenvalue weighted by molar-refractivity contribution is 7.09. The zero-order chi connectivity index (χ0) is 12.4. The van der Waals surface area contributed by atoms with Gasteiger partial charge in [0.2, 0.25) is 5.13 Å². The molecule has 0 atom stereocenters. The molecule has 1 aromatic rings. The maximum atomic E-state index is 10.8. The molecular weight excluding hydrogens is 238 g/mol. The first kappa shape index (κ1) is 12.3. The lowest BCUT2D eigenvalue weighted by Crippen LogP contribution is -2.32. The first-order chi connectivity index (χ1) is 8.06. The van der Waals surface area contributed by atoms with Crippen molar-refractivity contribution < 1.29 is 9.90 Å². The van der Waals surface area contributed by atoms with Gasteiger partial charge in [-0.3, -0.25) is 4.79 Å². The van der Waals surface area contributed by atoms with Gasteiger partial charge < -0.3 is 10.0 Å².